The van der Waals surface area contributed by atoms with Gasteiger partial charge in [-0.1, -0.05) is 0 Å². The van der Waals surface area contributed by atoms with Crippen LogP contribution in [0.4, 0.5) is 26.3 Å². The quantitative estimate of drug-likeness (QED) is 0.188. The van der Waals surface area contributed by atoms with Crippen molar-refractivity contribution in [1.82, 2.24) is 0 Å². The second-order valence-corrected chi connectivity index (χ2v) is 5.56. The maximum Gasteiger partial charge on any atom is 0.522 e. The Morgan fingerprint density at radius 1 is 0.586 bits per heavy atom. The molecular weight excluding hydrogens is 557 g/mol. The summed E-state index contributed by atoms with van der Waals surface area (Å²) in [5.41, 5.74) is -11.1. The molecule has 0 aliphatic heterocycles. The minimum Gasteiger partial charge on any atom is -0.279 e. The third-order valence-electron chi connectivity index (χ3n) is 0.585. The summed E-state index contributed by atoms with van der Waals surface area (Å²) in [6.07, 6.45) is 0. The molecule has 0 aromatic rings. The largest absolute Gasteiger partial charge is 0.522 e. The van der Waals surface area contributed by atoms with E-state index in [1.807, 2.05) is 0 Å². The van der Waals surface area contributed by atoms with E-state index in [1.165, 1.54) is 27.7 Å². The van der Waals surface area contributed by atoms with E-state index in [4.69, 9.17) is 47.0 Å². The van der Waals surface area contributed by atoms with Crippen molar-refractivity contribution in [1.29, 1.82) is 21.0 Å². The molecule has 19 heteroatoms. The second kappa shape index (κ2) is 24.1. The Labute approximate surface area is 177 Å². The molecule has 0 aromatic carbocycles. The number of halogens is 6. The molecule has 0 bridgehead atoms. The van der Waals surface area contributed by atoms with Crippen LogP contribution in [0.15, 0.2) is 0 Å². The van der Waals surface area contributed by atoms with E-state index in [2.05, 4.69) is 0 Å². The van der Waals surface area contributed by atoms with Crippen molar-refractivity contribution in [2.24, 2.45) is 0 Å². The molecule has 2 N–H and O–H groups in total. The first-order valence-corrected chi connectivity index (χ1v) is 8.35. The van der Waals surface area contributed by atoms with Crippen molar-refractivity contribution < 1.29 is 72.7 Å². The van der Waals surface area contributed by atoms with Crippen LogP contribution in [-0.2, 0) is 40.7 Å². The van der Waals surface area contributed by atoms with E-state index < -0.39 is 31.3 Å². The van der Waals surface area contributed by atoms with Crippen LogP contribution in [0.2, 0.25) is 0 Å². The van der Waals surface area contributed by atoms with Gasteiger partial charge in [0.15, 0.2) is 0 Å². The van der Waals surface area contributed by atoms with Crippen LogP contribution in [0.5, 0.6) is 0 Å². The summed E-state index contributed by atoms with van der Waals surface area (Å²) in [5, 5.41) is 29.3. The zero-order valence-corrected chi connectivity index (χ0v) is 17.9. The normalized spacial score (nSPS) is 8.83. The van der Waals surface area contributed by atoms with Crippen molar-refractivity contribution in [3.8, 4) is 24.3 Å². The maximum atomic E-state index is 10.7. The van der Waals surface area contributed by atoms with Gasteiger partial charge in [0.05, 0.1) is 24.3 Å². The van der Waals surface area contributed by atoms with E-state index in [0.717, 1.165) is 0 Å². The molecule has 0 atom stereocenters. The summed E-state index contributed by atoms with van der Waals surface area (Å²) in [4.78, 5) is 0. The Bertz CT molecular complexity index is 665. The number of nitriles is 4. The van der Waals surface area contributed by atoms with Crippen LogP contribution in [0.3, 0.4) is 0 Å². The molecule has 0 heterocycles. The summed E-state index contributed by atoms with van der Waals surface area (Å²) < 4.78 is 115. The molecule has 29 heavy (non-hydrogen) atoms. The molecular formula is C10H14F6N4O6PdS2. The van der Waals surface area contributed by atoms with Crippen molar-refractivity contribution in [2.75, 3.05) is 0 Å². The van der Waals surface area contributed by atoms with Crippen LogP contribution in [0.1, 0.15) is 27.7 Å². The van der Waals surface area contributed by atoms with Crippen LogP contribution >= 0.6 is 0 Å². The third kappa shape index (κ3) is 58.5. The monoisotopic (exact) mass is 570 g/mol. The molecule has 0 aliphatic carbocycles. The fourth-order valence-corrected chi connectivity index (χ4v) is 0. The van der Waals surface area contributed by atoms with Gasteiger partial charge in [-0.3, -0.25) is 9.11 Å². The van der Waals surface area contributed by atoms with Gasteiger partial charge in [-0.25, -0.2) is 0 Å². The van der Waals surface area contributed by atoms with Gasteiger partial charge >= 0.3 is 31.3 Å². The molecule has 0 amide bonds. The van der Waals surface area contributed by atoms with Crippen molar-refractivity contribution in [2.45, 2.75) is 38.7 Å². The molecule has 0 rings (SSSR count). The second-order valence-electron chi connectivity index (χ2n) is 2.74. The smallest absolute Gasteiger partial charge is 0.279 e. The number of nitrogens with zero attached hydrogens (tertiary/aromatic N) is 4. The van der Waals surface area contributed by atoms with Gasteiger partial charge in [-0.2, -0.15) is 64.2 Å². The fraction of sp³-hybridized carbons (Fsp3) is 0.600. The SMILES string of the molecule is CC#N.CC#N.CC#N.CC#N.O=S(=O)(O)C(F)(F)F.O=S(=O)(O)C(F)(F)F.[Pd]. The first kappa shape index (κ1) is 45.6. The van der Waals surface area contributed by atoms with Crippen LogP contribution in [0.25, 0.3) is 0 Å². The van der Waals surface area contributed by atoms with Crippen molar-refractivity contribution in [3.63, 3.8) is 0 Å². The first-order valence-electron chi connectivity index (χ1n) is 5.47. The van der Waals surface area contributed by atoms with Crippen LogP contribution < -0.4 is 0 Å². The minimum atomic E-state index is -5.84. The van der Waals surface area contributed by atoms with E-state index >= 15 is 0 Å². The molecule has 0 unspecified atom stereocenters. The van der Waals surface area contributed by atoms with Crippen LogP contribution in [0, 0.1) is 45.3 Å². The third-order valence-corrected chi connectivity index (χ3v) is 1.75. The molecule has 0 radical (unpaired) electrons. The van der Waals surface area contributed by atoms with Gasteiger partial charge in [-0.05, 0) is 0 Å². The Balaban J connectivity index is -0.0000000429. The molecule has 174 valence electrons. The Hall–Kier alpha value is -1.98. The Kier molecular flexibility index (Phi) is 37.9. The summed E-state index contributed by atoms with van der Waals surface area (Å²) in [6, 6.07) is 7.00. The topological polar surface area (TPSA) is 204 Å². The Morgan fingerprint density at radius 2 is 0.621 bits per heavy atom. The molecule has 0 aliphatic rings. The van der Waals surface area contributed by atoms with Gasteiger partial charge in [-0.15, -0.1) is 0 Å². The van der Waals surface area contributed by atoms with Gasteiger partial charge in [0.25, 0.3) is 0 Å². The standard InChI is InChI=1S/4C2H3N.2CHF3O3S.Pd/c4*1-2-3;2*2-1(3,4)8(5,6)7;/h4*1H3;2*(H,5,6,7);. The predicted octanol–water partition coefficient (Wildman–Crippen LogP) is 2.91. The van der Waals surface area contributed by atoms with Gasteiger partial charge in [0.2, 0.25) is 0 Å². The molecule has 0 spiro atoms. The van der Waals surface area contributed by atoms with Crippen molar-refractivity contribution in [3.05, 3.63) is 0 Å². The minimum absolute atomic E-state index is 0. The number of alkyl halides is 6. The van der Waals surface area contributed by atoms with Crippen LogP contribution in [-0.4, -0.2) is 37.0 Å². The summed E-state index contributed by atoms with van der Waals surface area (Å²) in [5.74, 6) is 0. The van der Waals surface area contributed by atoms with E-state index in [-0.39, 0.29) is 20.4 Å². The average Bonchev–Trinajstić information content (AvgIpc) is 2.38. The van der Waals surface area contributed by atoms with E-state index in [0.29, 0.717) is 0 Å². The van der Waals surface area contributed by atoms with Gasteiger partial charge in [0.1, 0.15) is 0 Å². The van der Waals surface area contributed by atoms with Gasteiger partial charge < -0.3 is 0 Å². The summed E-state index contributed by atoms with van der Waals surface area (Å²) >= 11 is 0. The maximum absolute atomic E-state index is 10.7. The molecule has 0 aromatic heterocycles. The molecule has 10 nitrogen and oxygen atoms in total. The van der Waals surface area contributed by atoms with E-state index in [1.54, 1.807) is 24.3 Å². The van der Waals surface area contributed by atoms with Crippen molar-refractivity contribution >= 4 is 20.2 Å². The molecule has 0 saturated heterocycles. The number of hydrogen-bond donors (Lipinski definition) is 2. The average molecular weight is 571 g/mol. The van der Waals surface area contributed by atoms with Gasteiger partial charge in [0, 0.05) is 48.1 Å². The van der Waals surface area contributed by atoms with E-state index in [9.17, 15) is 26.3 Å². The zero-order valence-electron chi connectivity index (χ0n) is 14.7. The number of rotatable bonds is 0. The Morgan fingerprint density at radius 3 is 0.621 bits per heavy atom. The molecule has 0 fully saturated rings. The fourth-order valence-electron chi connectivity index (χ4n) is 0. The summed E-state index contributed by atoms with van der Waals surface area (Å²) in [6.45, 7) is 5.72. The summed E-state index contributed by atoms with van der Waals surface area (Å²) in [7, 11) is -11.7. The predicted molar refractivity (Wildman–Crippen MR) is 80.4 cm³/mol. The molecule has 0 saturated carbocycles. The number of hydrogen-bond acceptors (Lipinski definition) is 8. The first-order chi connectivity index (χ1) is 12.2. The zero-order chi connectivity index (χ0) is 24.8.